The van der Waals surface area contributed by atoms with Crippen molar-refractivity contribution >= 4 is 22.6 Å². The van der Waals surface area contributed by atoms with Gasteiger partial charge in [-0.3, -0.25) is 0 Å². The van der Waals surface area contributed by atoms with E-state index in [9.17, 15) is 0 Å². The van der Waals surface area contributed by atoms with Gasteiger partial charge in [-0.2, -0.15) is 0 Å². The Kier molecular flexibility index (Phi) is 2.56. The van der Waals surface area contributed by atoms with Crippen LogP contribution in [0.3, 0.4) is 0 Å². The van der Waals surface area contributed by atoms with E-state index in [1.165, 1.54) is 16.7 Å². The van der Waals surface area contributed by atoms with Crippen molar-refractivity contribution in [1.82, 2.24) is 15.0 Å². The van der Waals surface area contributed by atoms with E-state index in [4.69, 9.17) is 11.6 Å². The van der Waals surface area contributed by atoms with E-state index >= 15 is 0 Å². The molecule has 2 aromatic heterocycles. The maximum Gasteiger partial charge on any atom is 0.223 e. The molecule has 0 atom stereocenters. The minimum absolute atomic E-state index is 0.273. The van der Waals surface area contributed by atoms with E-state index in [0.29, 0.717) is 0 Å². The van der Waals surface area contributed by atoms with Crippen molar-refractivity contribution in [2.24, 2.45) is 0 Å². The quantitative estimate of drug-likeness (QED) is 0.672. The molecule has 1 aromatic carbocycles. The lowest BCUT2D eigenvalue weighted by Gasteiger charge is -2.06. The third-order valence-electron chi connectivity index (χ3n) is 3.09. The monoisotopic (exact) mass is 257 g/mol. The number of H-pyrrole nitrogens is 1. The van der Waals surface area contributed by atoms with E-state index in [1.54, 1.807) is 6.20 Å². The van der Waals surface area contributed by atoms with Gasteiger partial charge in [-0.1, -0.05) is 18.2 Å². The fraction of sp³-hybridized carbons (Fsp3) is 0.143. The van der Waals surface area contributed by atoms with Crippen molar-refractivity contribution in [3.8, 4) is 11.3 Å². The first-order valence-electron chi connectivity index (χ1n) is 5.73. The number of aromatic nitrogens is 3. The van der Waals surface area contributed by atoms with Gasteiger partial charge < -0.3 is 4.98 Å². The molecule has 0 bridgehead atoms. The molecule has 3 rings (SSSR count). The molecular formula is C14H12ClN3. The van der Waals surface area contributed by atoms with Crippen LogP contribution in [0.4, 0.5) is 0 Å². The highest BCUT2D eigenvalue weighted by molar-refractivity contribution is 6.28. The first kappa shape index (κ1) is 11.2. The molecule has 0 radical (unpaired) electrons. The molecule has 3 aromatic rings. The molecule has 4 heteroatoms. The lowest BCUT2D eigenvalue weighted by Crippen LogP contribution is -1.87. The molecule has 0 aliphatic rings. The summed E-state index contributed by atoms with van der Waals surface area (Å²) in [4.78, 5) is 11.5. The summed E-state index contributed by atoms with van der Waals surface area (Å²) < 4.78 is 0. The number of aromatic amines is 1. The van der Waals surface area contributed by atoms with Crippen LogP contribution in [0.2, 0.25) is 5.28 Å². The third-order valence-corrected chi connectivity index (χ3v) is 3.27. The Morgan fingerprint density at radius 1 is 1.17 bits per heavy atom. The van der Waals surface area contributed by atoms with Crippen LogP contribution in [0.1, 0.15) is 11.1 Å². The fourth-order valence-electron chi connectivity index (χ4n) is 2.27. The van der Waals surface area contributed by atoms with Gasteiger partial charge in [0.2, 0.25) is 5.28 Å². The van der Waals surface area contributed by atoms with Crippen LogP contribution in [-0.4, -0.2) is 15.0 Å². The van der Waals surface area contributed by atoms with Crippen LogP contribution in [0.5, 0.6) is 0 Å². The summed E-state index contributed by atoms with van der Waals surface area (Å²) in [7, 11) is 0. The molecule has 1 N–H and O–H groups in total. The SMILES string of the molecule is Cc1cccc(C)c1-c1cc2nc(Cl)ncc2[nH]1. The number of hydrogen-bond acceptors (Lipinski definition) is 2. The van der Waals surface area contributed by atoms with E-state index in [1.807, 2.05) is 6.07 Å². The molecule has 18 heavy (non-hydrogen) atoms. The predicted octanol–water partition coefficient (Wildman–Crippen LogP) is 3.90. The molecule has 0 saturated carbocycles. The van der Waals surface area contributed by atoms with Gasteiger partial charge in [0.05, 0.1) is 17.2 Å². The van der Waals surface area contributed by atoms with Gasteiger partial charge in [-0.05, 0) is 42.6 Å². The second kappa shape index (κ2) is 4.10. The summed E-state index contributed by atoms with van der Waals surface area (Å²) in [5, 5.41) is 0.273. The number of aryl methyl sites for hydroxylation is 2. The summed E-state index contributed by atoms with van der Waals surface area (Å²) in [5.41, 5.74) is 6.48. The van der Waals surface area contributed by atoms with Gasteiger partial charge in [0.25, 0.3) is 0 Å². The van der Waals surface area contributed by atoms with E-state index in [0.717, 1.165) is 16.7 Å². The lowest BCUT2D eigenvalue weighted by molar-refractivity contribution is 1.22. The standard InChI is InChI=1S/C14H12ClN3/c1-8-4-3-5-9(2)13(8)11-6-10-12(17-11)7-16-14(15)18-10/h3-7,17H,1-2H3. The van der Waals surface area contributed by atoms with Gasteiger partial charge in [-0.15, -0.1) is 0 Å². The topological polar surface area (TPSA) is 41.6 Å². The van der Waals surface area contributed by atoms with E-state index < -0.39 is 0 Å². The maximum atomic E-state index is 5.80. The zero-order chi connectivity index (χ0) is 12.7. The highest BCUT2D eigenvalue weighted by Crippen LogP contribution is 2.28. The Bertz CT molecular complexity index is 711. The minimum atomic E-state index is 0.273. The van der Waals surface area contributed by atoms with Gasteiger partial charge in [0.15, 0.2) is 0 Å². The van der Waals surface area contributed by atoms with Gasteiger partial charge >= 0.3 is 0 Å². The molecule has 0 aliphatic heterocycles. The normalized spacial score (nSPS) is 11.1. The van der Waals surface area contributed by atoms with Crippen molar-refractivity contribution in [3.63, 3.8) is 0 Å². The van der Waals surface area contributed by atoms with Crippen LogP contribution < -0.4 is 0 Å². The van der Waals surface area contributed by atoms with Gasteiger partial charge in [0, 0.05) is 11.3 Å². The first-order valence-corrected chi connectivity index (χ1v) is 6.11. The first-order chi connectivity index (χ1) is 8.65. The number of fused-ring (bicyclic) bond motifs is 1. The summed E-state index contributed by atoms with van der Waals surface area (Å²) in [6, 6.07) is 8.28. The van der Waals surface area contributed by atoms with Crippen LogP contribution >= 0.6 is 11.6 Å². The number of hydrogen-bond donors (Lipinski definition) is 1. The second-order valence-electron chi connectivity index (χ2n) is 4.39. The number of halogens is 1. The molecule has 0 aliphatic carbocycles. The Labute approximate surface area is 110 Å². The summed E-state index contributed by atoms with van der Waals surface area (Å²) in [5.74, 6) is 0. The molecule has 0 unspecified atom stereocenters. The maximum absolute atomic E-state index is 5.80. The average molecular weight is 258 g/mol. The number of nitrogens with one attached hydrogen (secondary N) is 1. The Morgan fingerprint density at radius 3 is 2.61 bits per heavy atom. The lowest BCUT2D eigenvalue weighted by atomic mass is 10.0. The Morgan fingerprint density at radius 2 is 1.89 bits per heavy atom. The molecule has 3 nitrogen and oxygen atoms in total. The molecule has 0 spiro atoms. The Balaban J connectivity index is 2.26. The van der Waals surface area contributed by atoms with Crippen molar-refractivity contribution in [2.75, 3.05) is 0 Å². The molecule has 0 amide bonds. The van der Waals surface area contributed by atoms with E-state index in [2.05, 4.69) is 47.0 Å². The van der Waals surface area contributed by atoms with Crippen LogP contribution in [0.15, 0.2) is 30.5 Å². The number of nitrogens with zero attached hydrogens (tertiary/aromatic N) is 2. The second-order valence-corrected chi connectivity index (χ2v) is 4.73. The van der Waals surface area contributed by atoms with Gasteiger partial charge in [0.1, 0.15) is 0 Å². The van der Waals surface area contributed by atoms with E-state index in [-0.39, 0.29) is 5.28 Å². The zero-order valence-corrected chi connectivity index (χ0v) is 10.9. The third kappa shape index (κ3) is 1.77. The molecule has 0 saturated heterocycles. The highest BCUT2D eigenvalue weighted by Gasteiger charge is 2.09. The molecule has 2 heterocycles. The van der Waals surface area contributed by atoms with Crippen molar-refractivity contribution in [1.29, 1.82) is 0 Å². The summed E-state index contributed by atoms with van der Waals surface area (Å²) in [6.07, 6.45) is 1.71. The highest BCUT2D eigenvalue weighted by atomic mass is 35.5. The van der Waals surface area contributed by atoms with Crippen LogP contribution in [0, 0.1) is 13.8 Å². The average Bonchev–Trinajstić information content (AvgIpc) is 2.71. The van der Waals surface area contributed by atoms with Crippen LogP contribution in [0.25, 0.3) is 22.3 Å². The summed E-state index contributed by atoms with van der Waals surface area (Å²) in [6.45, 7) is 4.21. The van der Waals surface area contributed by atoms with Crippen molar-refractivity contribution in [3.05, 3.63) is 46.9 Å². The number of benzene rings is 1. The minimum Gasteiger partial charge on any atom is -0.352 e. The van der Waals surface area contributed by atoms with Gasteiger partial charge in [-0.25, -0.2) is 9.97 Å². The predicted molar refractivity (Wildman–Crippen MR) is 73.8 cm³/mol. The molecule has 0 fully saturated rings. The van der Waals surface area contributed by atoms with Crippen molar-refractivity contribution < 1.29 is 0 Å². The Hall–Kier alpha value is -1.87. The molecular weight excluding hydrogens is 246 g/mol. The smallest absolute Gasteiger partial charge is 0.223 e. The van der Waals surface area contributed by atoms with Crippen molar-refractivity contribution in [2.45, 2.75) is 13.8 Å². The zero-order valence-electron chi connectivity index (χ0n) is 10.2. The summed E-state index contributed by atoms with van der Waals surface area (Å²) >= 11 is 5.80. The number of rotatable bonds is 1. The van der Waals surface area contributed by atoms with Crippen LogP contribution in [-0.2, 0) is 0 Å². The largest absolute Gasteiger partial charge is 0.352 e. The fourth-order valence-corrected chi connectivity index (χ4v) is 2.41. The molecule has 90 valence electrons.